The zero-order valence-electron chi connectivity index (χ0n) is 31.3. The molecule has 2 aromatic heterocycles. The molecule has 322 valence electrons. The largest absolute Gasteiger partial charge is 0.416 e. The average molecular weight is 895 g/mol. The second kappa shape index (κ2) is 18.5. The molecule has 0 unspecified atom stereocenters. The minimum atomic E-state index is -4.65. The van der Waals surface area contributed by atoms with Crippen molar-refractivity contribution >= 4 is 43.2 Å². The van der Waals surface area contributed by atoms with Gasteiger partial charge in [0, 0.05) is 46.0 Å². The number of sulfonamides is 2. The van der Waals surface area contributed by atoms with Gasteiger partial charge < -0.3 is 10.6 Å². The third kappa shape index (κ3) is 11.9. The molecule has 61 heavy (non-hydrogen) atoms. The zero-order chi connectivity index (χ0) is 44.9. The van der Waals surface area contributed by atoms with Crippen molar-refractivity contribution in [1.29, 1.82) is 0 Å². The highest BCUT2D eigenvalue weighted by Gasteiger charge is 2.33. The van der Waals surface area contributed by atoms with Crippen LogP contribution in [0.15, 0.2) is 120 Å². The monoisotopic (exact) mass is 894 g/mol. The number of aryl methyl sites for hydroxylation is 1. The molecule has 2 amide bonds. The van der Waals surface area contributed by atoms with Crippen LogP contribution >= 0.6 is 0 Å². The molecule has 0 radical (unpaired) electrons. The molecule has 0 atom stereocenters. The molecule has 14 nitrogen and oxygen atoms in total. The highest BCUT2D eigenvalue weighted by atomic mass is 32.2. The Morgan fingerprint density at radius 3 is 1.46 bits per heavy atom. The summed E-state index contributed by atoms with van der Waals surface area (Å²) in [5.41, 5.74) is 0.986. The van der Waals surface area contributed by atoms with Gasteiger partial charge in [-0.2, -0.15) is 40.9 Å². The summed E-state index contributed by atoms with van der Waals surface area (Å²) in [7, 11) is -8.55. The summed E-state index contributed by atoms with van der Waals surface area (Å²) in [5, 5.41) is 22.4. The summed E-state index contributed by atoms with van der Waals surface area (Å²) in [6.07, 6.45) is -1.09. The second-order valence-electron chi connectivity index (χ2n) is 13.0. The number of nitrogens with one attached hydrogen (secondary N) is 2. The van der Waals surface area contributed by atoms with Gasteiger partial charge in [-0.3, -0.25) is 9.59 Å². The molecule has 6 aromatic rings. The van der Waals surface area contributed by atoms with Crippen molar-refractivity contribution in [2.45, 2.75) is 48.8 Å². The van der Waals surface area contributed by atoms with Crippen molar-refractivity contribution in [2.24, 2.45) is 10.3 Å². The van der Waals surface area contributed by atoms with Crippen molar-refractivity contribution < 1.29 is 57.2 Å². The Kier molecular flexibility index (Phi) is 13.8. The van der Waals surface area contributed by atoms with Gasteiger partial charge in [0.1, 0.15) is 0 Å². The van der Waals surface area contributed by atoms with Crippen LogP contribution in [0, 0.1) is 6.92 Å². The topological polar surface area (TPSA) is 214 Å². The Labute approximate surface area is 343 Å². The molecule has 2 heterocycles. The molecule has 4 aromatic carbocycles. The van der Waals surface area contributed by atoms with E-state index in [0.29, 0.717) is 9.36 Å². The first-order valence-corrected chi connectivity index (χ1v) is 20.4. The number of amides is 2. The number of anilines is 2. The third-order valence-electron chi connectivity index (χ3n) is 8.65. The number of nitrogens with zero attached hydrogens (tertiary/aromatic N) is 4. The lowest BCUT2D eigenvalue weighted by atomic mass is 10.0. The van der Waals surface area contributed by atoms with Gasteiger partial charge in [-0.25, -0.2) is 36.5 Å². The molecule has 0 saturated carbocycles. The van der Waals surface area contributed by atoms with E-state index < -0.39 is 62.1 Å². The van der Waals surface area contributed by atoms with Gasteiger partial charge in [0.2, 0.25) is 31.9 Å². The van der Waals surface area contributed by atoms with Crippen molar-refractivity contribution in [2.75, 3.05) is 10.6 Å². The van der Waals surface area contributed by atoms with E-state index in [2.05, 4.69) is 20.8 Å². The molecular formula is C38H33F7N8O6S2. The molecular weight excluding hydrogens is 862 g/mol. The van der Waals surface area contributed by atoms with Crippen molar-refractivity contribution in [3.05, 3.63) is 132 Å². The predicted molar refractivity (Wildman–Crippen MR) is 208 cm³/mol. The number of halogens is 7. The van der Waals surface area contributed by atoms with Gasteiger partial charge in [0.25, 0.3) is 0 Å². The van der Waals surface area contributed by atoms with Crippen molar-refractivity contribution in [3.63, 3.8) is 0 Å². The summed E-state index contributed by atoms with van der Waals surface area (Å²) >= 11 is 0. The van der Waals surface area contributed by atoms with Crippen LogP contribution < -0.4 is 20.9 Å². The first kappa shape index (κ1) is 45.7. The van der Waals surface area contributed by atoms with E-state index in [1.165, 1.54) is 42.5 Å². The third-order valence-corrected chi connectivity index (χ3v) is 10.6. The second-order valence-corrected chi connectivity index (χ2v) is 16.1. The van der Waals surface area contributed by atoms with Gasteiger partial charge >= 0.3 is 19.3 Å². The predicted octanol–water partition coefficient (Wildman–Crippen LogP) is 6.87. The van der Waals surface area contributed by atoms with Gasteiger partial charge in [0.15, 0.2) is 0 Å². The number of alkyl halides is 7. The SMILES string of the molecule is Cc1ccccc1CC(=O)Nc1ccc(-c2cnn(C(F)F)c2)c(S(N)(=O)=O)c1.NS(=O)(=O)c1cc(NC(=O)Cc2ccccc2C(F)(F)F)ccc1-c1cnn(C(F)F)c1. The maximum absolute atomic E-state index is 13.1. The number of carbonyl (C=O) groups excluding carboxylic acids is 2. The first-order valence-electron chi connectivity index (χ1n) is 17.3. The minimum Gasteiger partial charge on any atom is -0.326 e. The van der Waals surface area contributed by atoms with Gasteiger partial charge in [-0.1, -0.05) is 54.6 Å². The lowest BCUT2D eigenvalue weighted by Gasteiger charge is -2.13. The highest BCUT2D eigenvalue weighted by Crippen LogP contribution is 2.34. The molecule has 6 N–H and O–H groups in total. The molecule has 0 bridgehead atoms. The quantitative estimate of drug-likeness (QED) is 0.0949. The summed E-state index contributed by atoms with van der Waals surface area (Å²) in [6, 6.07) is 19.5. The van der Waals surface area contributed by atoms with E-state index in [4.69, 9.17) is 10.3 Å². The number of nitrogens with two attached hydrogens (primary N) is 2. The van der Waals surface area contributed by atoms with E-state index in [1.807, 2.05) is 31.2 Å². The number of benzene rings is 4. The molecule has 6 rings (SSSR count). The number of primary sulfonamides is 2. The van der Waals surface area contributed by atoms with Crippen LogP contribution in [0.1, 0.15) is 35.4 Å². The Balaban J connectivity index is 0.000000232. The molecule has 23 heteroatoms. The van der Waals surface area contributed by atoms with Gasteiger partial charge in [0.05, 0.1) is 40.6 Å². The van der Waals surface area contributed by atoms with Gasteiger partial charge in [-0.15, -0.1) is 0 Å². The van der Waals surface area contributed by atoms with Crippen molar-refractivity contribution in [1.82, 2.24) is 19.6 Å². The zero-order valence-corrected chi connectivity index (χ0v) is 32.9. The lowest BCUT2D eigenvalue weighted by Crippen LogP contribution is -2.19. The molecule has 0 fully saturated rings. The lowest BCUT2D eigenvalue weighted by molar-refractivity contribution is -0.138. The Hall–Kier alpha value is -6.43. The van der Waals surface area contributed by atoms with Crippen LogP contribution in [0.5, 0.6) is 0 Å². The molecule has 0 aliphatic rings. The normalized spacial score (nSPS) is 11.9. The van der Waals surface area contributed by atoms with Crippen LogP contribution in [-0.4, -0.2) is 48.2 Å². The maximum atomic E-state index is 13.1. The number of aromatic nitrogens is 4. The van der Waals surface area contributed by atoms with Crippen LogP contribution in [0.25, 0.3) is 22.3 Å². The van der Waals surface area contributed by atoms with E-state index in [1.54, 1.807) is 0 Å². The molecule has 0 aliphatic heterocycles. The first-order chi connectivity index (χ1) is 28.5. The molecule has 0 spiro atoms. The number of hydrogen-bond donors (Lipinski definition) is 4. The summed E-state index contributed by atoms with van der Waals surface area (Å²) < 4.78 is 139. The summed E-state index contributed by atoms with van der Waals surface area (Å²) in [6.45, 7) is -3.92. The van der Waals surface area contributed by atoms with E-state index in [-0.39, 0.29) is 56.4 Å². The van der Waals surface area contributed by atoms with E-state index in [9.17, 15) is 57.2 Å². The van der Waals surface area contributed by atoms with E-state index in [0.717, 1.165) is 54.1 Å². The van der Waals surface area contributed by atoms with Crippen molar-refractivity contribution in [3.8, 4) is 22.3 Å². The van der Waals surface area contributed by atoms with Crippen LogP contribution in [0.2, 0.25) is 0 Å². The maximum Gasteiger partial charge on any atom is 0.416 e. The Morgan fingerprint density at radius 2 is 1.07 bits per heavy atom. The highest BCUT2D eigenvalue weighted by molar-refractivity contribution is 7.89. The molecule has 0 saturated heterocycles. The minimum absolute atomic E-state index is 0.0336. The standard InChI is InChI=1S/C19H15F5N4O3S.C19H18F2N4O3S/c20-18(21)28-10-12(9-26-28)14-6-5-13(8-16(14)32(25,30)31)27-17(29)7-11-3-1-2-4-15(11)19(22,23)24;1-12-4-2-3-5-13(12)8-18(26)24-15-6-7-16(17(9-15)29(22,27)28)14-10-23-25(11-14)19(20)21/h1-6,8-10,18H,7H2,(H,27,29)(H2,25,30,31);2-7,9-11,19H,8H2,1H3,(H,24,26)(H2,22,27,28). The number of carbonyl (C=O) groups is 2. The summed E-state index contributed by atoms with van der Waals surface area (Å²) in [4.78, 5) is 23.8. The van der Waals surface area contributed by atoms with Crippen LogP contribution in [-0.2, 0) is 48.7 Å². The fourth-order valence-corrected chi connectivity index (χ4v) is 7.40. The van der Waals surface area contributed by atoms with Crippen LogP contribution in [0.3, 0.4) is 0 Å². The Morgan fingerprint density at radius 1 is 0.656 bits per heavy atom. The van der Waals surface area contributed by atoms with Crippen LogP contribution in [0.4, 0.5) is 42.1 Å². The number of rotatable bonds is 12. The molecule has 0 aliphatic carbocycles. The fourth-order valence-electron chi connectivity index (χ4n) is 5.83. The fraction of sp³-hybridized carbons (Fsp3) is 0.158. The summed E-state index contributed by atoms with van der Waals surface area (Å²) in [5.74, 6) is -1.17. The van der Waals surface area contributed by atoms with Gasteiger partial charge in [-0.05, 0) is 53.9 Å². The smallest absolute Gasteiger partial charge is 0.326 e. The Bertz CT molecular complexity index is 2790. The number of hydrogen-bond acceptors (Lipinski definition) is 8. The van der Waals surface area contributed by atoms with E-state index >= 15 is 0 Å². The average Bonchev–Trinajstić information content (AvgIpc) is 3.87.